The molecular weight excluding hydrogens is 344 g/mol. The molecule has 132 valence electrons. The van der Waals surface area contributed by atoms with Crippen LogP contribution in [-0.4, -0.2) is 26.6 Å². The number of pyridine rings is 1. The molecule has 2 heterocycles. The van der Waals surface area contributed by atoms with Gasteiger partial charge in [0.2, 0.25) is 0 Å². The largest absolute Gasteiger partial charge is 0.364 e. The summed E-state index contributed by atoms with van der Waals surface area (Å²) >= 11 is 0. The molecule has 9 heteroatoms. The highest BCUT2D eigenvalue weighted by atomic mass is 19.1. The molecule has 3 aromatic rings. The van der Waals surface area contributed by atoms with E-state index in [4.69, 9.17) is 5.73 Å². The first-order chi connectivity index (χ1) is 12.4. The lowest BCUT2D eigenvalue weighted by Gasteiger charge is -2.08. The smallest absolute Gasteiger partial charge is 0.267 e. The van der Waals surface area contributed by atoms with Gasteiger partial charge in [-0.05, 0) is 31.2 Å². The van der Waals surface area contributed by atoms with Gasteiger partial charge in [-0.25, -0.2) is 18.4 Å². The predicted molar refractivity (Wildman–Crippen MR) is 88.9 cm³/mol. The number of amides is 2. The summed E-state index contributed by atoms with van der Waals surface area (Å²) in [6.07, 6.45) is 2.57. The highest BCUT2D eigenvalue weighted by Crippen LogP contribution is 2.19. The molecule has 26 heavy (non-hydrogen) atoms. The number of hydrogen-bond acceptors (Lipinski definition) is 4. The van der Waals surface area contributed by atoms with E-state index in [2.05, 4.69) is 15.4 Å². The zero-order valence-corrected chi connectivity index (χ0v) is 13.5. The molecule has 0 aliphatic carbocycles. The van der Waals surface area contributed by atoms with Crippen molar-refractivity contribution in [2.45, 2.75) is 6.92 Å². The van der Waals surface area contributed by atoms with Gasteiger partial charge in [-0.1, -0.05) is 0 Å². The summed E-state index contributed by atoms with van der Waals surface area (Å²) in [5.74, 6) is -2.68. The van der Waals surface area contributed by atoms with E-state index >= 15 is 0 Å². The molecule has 0 aliphatic rings. The Balaban J connectivity index is 1.85. The number of rotatable bonds is 4. The van der Waals surface area contributed by atoms with Crippen molar-refractivity contribution in [1.29, 1.82) is 0 Å². The van der Waals surface area contributed by atoms with E-state index < -0.39 is 23.4 Å². The topological polar surface area (TPSA) is 103 Å². The van der Waals surface area contributed by atoms with E-state index in [-0.39, 0.29) is 16.9 Å². The monoisotopic (exact) mass is 357 g/mol. The number of nitrogens with one attached hydrogen (secondary N) is 1. The molecular formula is C17H13F2N5O2. The minimum Gasteiger partial charge on any atom is -0.364 e. The third kappa shape index (κ3) is 3.27. The quantitative estimate of drug-likeness (QED) is 0.747. The molecule has 0 bridgehead atoms. The Morgan fingerprint density at radius 1 is 1.15 bits per heavy atom. The van der Waals surface area contributed by atoms with Crippen LogP contribution in [0.25, 0.3) is 5.69 Å². The lowest BCUT2D eigenvalue weighted by atomic mass is 10.2. The van der Waals surface area contributed by atoms with Crippen LogP contribution < -0.4 is 11.1 Å². The maximum atomic E-state index is 13.9. The first-order valence-corrected chi connectivity index (χ1v) is 7.44. The van der Waals surface area contributed by atoms with E-state index in [1.54, 1.807) is 6.92 Å². The molecule has 0 saturated carbocycles. The molecule has 1 aromatic carbocycles. The van der Waals surface area contributed by atoms with Crippen LogP contribution in [0.2, 0.25) is 0 Å². The van der Waals surface area contributed by atoms with Gasteiger partial charge in [0.1, 0.15) is 17.2 Å². The number of carbonyl (C=O) groups excluding carboxylic acids is 2. The van der Waals surface area contributed by atoms with Crippen molar-refractivity contribution in [2.24, 2.45) is 5.73 Å². The maximum absolute atomic E-state index is 13.9. The summed E-state index contributed by atoms with van der Waals surface area (Å²) in [4.78, 5) is 27.2. The van der Waals surface area contributed by atoms with Crippen molar-refractivity contribution in [3.63, 3.8) is 0 Å². The average Bonchev–Trinajstić information content (AvgIpc) is 2.97. The van der Waals surface area contributed by atoms with Crippen molar-refractivity contribution in [3.8, 4) is 5.69 Å². The number of primary amides is 1. The van der Waals surface area contributed by atoms with E-state index in [0.717, 1.165) is 12.1 Å². The van der Waals surface area contributed by atoms with Crippen molar-refractivity contribution >= 4 is 17.5 Å². The summed E-state index contributed by atoms with van der Waals surface area (Å²) in [6, 6.07) is 5.93. The van der Waals surface area contributed by atoms with Crippen LogP contribution in [0.5, 0.6) is 0 Å². The van der Waals surface area contributed by atoms with E-state index in [1.807, 2.05) is 0 Å². The zero-order chi connectivity index (χ0) is 18.8. The molecule has 0 unspecified atom stereocenters. The third-order valence-corrected chi connectivity index (χ3v) is 3.67. The van der Waals surface area contributed by atoms with Crippen LogP contribution in [0.15, 0.2) is 42.7 Å². The minimum absolute atomic E-state index is 0.0235. The van der Waals surface area contributed by atoms with Gasteiger partial charge in [0.15, 0.2) is 5.82 Å². The summed E-state index contributed by atoms with van der Waals surface area (Å²) < 4.78 is 28.2. The third-order valence-electron chi connectivity index (χ3n) is 3.67. The summed E-state index contributed by atoms with van der Waals surface area (Å²) in [5.41, 5.74) is 6.11. The predicted octanol–water partition coefficient (Wildman–Crippen LogP) is 2.21. The number of aromatic nitrogens is 3. The van der Waals surface area contributed by atoms with Crippen molar-refractivity contribution in [3.05, 3.63) is 71.3 Å². The number of hydrogen-bond donors (Lipinski definition) is 2. The van der Waals surface area contributed by atoms with E-state index in [0.29, 0.717) is 11.4 Å². The van der Waals surface area contributed by atoms with Crippen LogP contribution in [0.3, 0.4) is 0 Å². The Kier molecular flexibility index (Phi) is 4.44. The van der Waals surface area contributed by atoms with Crippen LogP contribution >= 0.6 is 0 Å². The van der Waals surface area contributed by atoms with Gasteiger partial charge in [-0.2, -0.15) is 5.10 Å². The molecule has 0 fully saturated rings. The van der Waals surface area contributed by atoms with Gasteiger partial charge in [-0.3, -0.25) is 9.59 Å². The van der Waals surface area contributed by atoms with E-state index in [9.17, 15) is 18.4 Å². The summed E-state index contributed by atoms with van der Waals surface area (Å²) in [6.45, 7) is 1.58. The van der Waals surface area contributed by atoms with Crippen molar-refractivity contribution < 1.29 is 18.4 Å². The molecule has 2 aromatic heterocycles. The Bertz CT molecular complexity index is 999. The zero-order valence-electron chi connectivity index (χ0n) is 13.5. The Hall–Kier alpha value is -3.62. The summed E-state index contributed by atoms with van der Waals surface area (Å²) in [7, 11) is 0. The van der Waals surface area contributed by atoms with Gasteiger partial charge >= 0.3 is 0 Å². The Morgan fingerprint density at radius 2 is 1.92 bits per heavy atom. The van der Waals surface area contributed by atoms with Gasteiger partial charge in [0.05, 0.1) is 29.3 Å². The van der Waals surface area contributed by atoms with Gasteiger partial charge in [-0.15, -0.1) is 0 Å². The number of carbonyl (C=O) groups is 2. The number of benzene rings is 1. The number of nitrogens with zero attached hydrogens (tertiary/aromatic N) is 3. The van der Waals surface area contributed by atoms with Gasteiger partial charge < -0.3 is 11.1 Å². The second kappa shape index (κ2) is 6.71. The SMILES string of the molecule is Cc1c(C(=O)Nc2ccc(C(N)=O)nc2)cnn1-c1ccc(F)cc1F. The van der Waals surface area contributed by atoms with Crippen LogP contribution in [0.4, 0.5) is 14.5 Å². The molecule has 0 radical (unpaired) electrons. The highest BCUT2D eigenvalue weighted by molar-refractivity contribution is 6.05. The molecule has 0 atom stereocenters. The molecule has 7 nitrogen and oxygen atoms in total. The van der Waals surface area contributed by atoms with Gasteiger partial charge in [0, 0.05) is 6.07 Å². The number of nitrogens with two attached hydrogens (primary N) is 1. The van der Waals surface area contributed by atoms with E-state index in [1.165, 1.54) is 35.3 Å². The summed E-state index contributed by atoms with van der Waals surface area (Å²) in [5, 5.41) is 6.59. The van der Waals surface area contributed by atoms with Crippen LogP contribution in [-0.2, 0) is 0 Å². The lowest BCUT2D eigenvalue weighted by molar-refractivity contribution is 0.0994. The molecule has 2 amide bonds. The van der Waals surface area contributed by atoms with Crippen molar-refractivity contribution in [2.75, 3.05) is 5.32 Å². The first-order valence-electron chi connectivity index (χ1n) is 7.44. The minimum atomic E-state index is -0.797. The second-order valence-electron chi connectivity index (χ2n) is 5.40. The second-order valence-corrected chi connectivity index (χ2v) is 5.40. The number of halogens is 2. The fraction of sp³-hybridized carbons (Fsp3) is 0.0588. The number of anilines is 1. The van der Waals surface area contributed by atoms with Crippen LogP contribution in [0.1, 0.15) is 26.5 Å². The molecule has 0 aliphatic heterocycles. The normalized spacial score (nSPS) is 10.6. The fourth-order valence-corrected chi connectivity index (χ4v) is 2.34. The maximum Gasteiger partial charge on any atom is 0.267 e. The standard InChI is InChI=1S/C17H13F2N5O2/c1-9-12(8-22-24(9)15-5-2-10(18)6-13(15)19)17(26)23-11-3-4-14(16(20)25)21-7-11/h2-8H,1H3,(H2,20,25)(H,23,26). The first kappa shape index (κ1) is 17.2. The molecule has 3 rings (SSSR count). The van der Waals surface area contributed by atoms with Gasteiger partial charge in [0.25, 0.3) is 11.8 Å². The molecule has 0 spiro atoms. The highest BCUT2D eigenvalue weighted by Gasteiger charge is 2.17. The average molecular weight is 357 g/mol. The lowest BCUT2D eigenvalue weighted by Crippen LogP contribution is -2.15. The van der Waals surface area contributed by atoms with Crippen molar-refractivity contribution in [1.82, 2.24) is 14.8 Å². The Labute approximate surface area is 146 Å². The molecule has 3 N–H and O–H groups in total. The molecule has 0 saturated heterocycles. The fourth-order valence-electron chi connectivity index (χ4n) is 2.34. The Morgan fingerprint density at radius 3 is 2.54 bits per heavy atom. The van der Waals surface area contributed by atoms with Crippen LogP contribution in [0, 0.1) is 18.6 Å².